The Labute approximate surface area is 120 Å². The fourth-order valence-corrected chi connectivity index (χ4v) is 2.30. The van der Waals surface area contributed by atoms with Crippen LogP contribution in [0.15, 0.2) is 18.2 Å². The van der Waals surface area contributed by atoms with Gasteiger partial charge >= 0.3 is 0 Å². The van der Waals surface area contributed by atoms with Crippen molar-refractivity contribution in [2.45, 2.75) is 39.2 Å². The summed E-state index contributed by atoms with van der Waals surface area (Å²) in [6.07, 6.45) is 3.68. The Balaban J connectivity index is 2.00. The number of nitrogens with one attached hydrogen (secondary N) is 1. The molecule has 0 bridgehead atoms. The first kappa shape index (κ1) is 14.6. The van der Waals surface area contributed by atoms with Crippen LogP contribution in [-0.4, -0.2) is 23.7 Å². The van der Waals surface area contributed by atoms with Crippen molar-refractivity contribution in [2.75, 3.05) is 6.61 Å². The number of amides is 1. The fourth-order valence-electron chi connectivity index (χ4n) is 2.30. The molecule has 0 aromatic heterocycles. The summed E-state index contributed by atoms with van der Waals surface area (Å²) in [5, 5.41) is 11.7. The van der Waals surface area contributed by atoms with E-state index in [9.17, 15) is 4.79 Å². The zero-order chi connectivity index (χ0) is 14.5. The van der Waals surface area contributed by atoms with Crippen molar-refractivity contribution in [3.63, 3.8) is 0 Å². The van der Waals surface area contributed by atoms with Gasteiger partial charge in [0.05, 0.1) is 0 Å². The van der Waals surface area contributed by atoms with Crippen molar-refractivity contribution in [1.29, 1.82) is 0 Å². The van der Waals surface area contributed by atoms with Gasteiger partial charge in [-0.05, 0) is 49.9 Å². The third kappa shape index (κ3) is 4.11. The lowest BCUT2D eigenvalue weighted by atomic mass is 10.0. The van der Waals surface area contributed by atoms with Gasteiger partial charge in [-0.2, -0.15) is 0 Å². The smallest absolute Gasteiger partial charge is 0.251 e. The molecular formula is C17H21NO2. The van der Waals surface area contributed by atoms with Crippen LogP contribution in [0.5, 0.6) is 0 Å². The zero-order valence-electron chi connectivity index (χ0n) is 12.1. The minimum absolute atomic E-state index is 0.0251. The Morgan fingerprint density at radius 2 is 2.25 bits per heavy atom. The number of aryl methyl sites for hydroxylation is 1. The largest absolute Gasteiger partial charge is 0.384 e. The molecule has 3 nitrogen and oxygen atoms in total. The van der Waals surface area contributed by atoms with Gasteiger partial charge in [-0.25, -0.2) is 0 Å². The lowest BCUT2D eigenvalue weighted by Gasteiger charge is -2.13. The molecule has 2 N–H and O–H groups in total. The van der Waals surface area contributed by atoms with Gasteiger partial charge in [-0.1, -0.05) is 24.7 Å². The van der Waals surface area contributed by atoms with E-state index in [2.05, 4.69) is 24.1 Å². The highest BCUT2D eigenvalue weighted by molar-refractivity contribution is 5.94. The molecule has 20 heavy (non-hydrogen) atoms. The van der Waals surface area contributed by atoms with Gasteiger partial charge in [0.1, 0.15) is 6.61 Å². The first-order chi connectivity index (χ1) is 9.60. The standard InChI is InChI=1S/C17H21NO2/c1-12-10-16(8-7-15(12)4-3-9-19)17(20)18-13(2)11-14-5-6-14/h7-8,10,13-14,19H,5-6,9,11H2,1-2H3,(H,18,20). The molecule has 0 aliphatic heterocycles. The van der Waals surface area contributed by atoms with Crippen LogP contribution in [0.1, 0.15) is 47.7 Å². The Morgan fingerprint density at radius 3 is 2.85 bits per heavy atom. The number of carbonyl (C=O) groups is 1. The highest BCUT2D eigenvalue weighted by Crippen LogP contribution is 2.33. The highest BCUT2D eigenvalue weighted by Gasteiger charge is 2.24. The Kier molecular flexibility index (Phi) is 4.81. The predicted octanol–water partition coefficient (Wildman–Crippen LogP) is 2.26. The van der Waals surface area contributed by atoms with Gasteiger partial charge in [-0.15, -0.1) is 0 Å². The van der Waals surface area contributed by atoms with Crippen molar-refractivity contribution in [3.05, 3.63) is 34.9 Å². The summed E-state index contributed by atoms with van der Waals surface area (Å²) in [5.74, 6) is 6.28. The van der Waals surface area contributed by atoms with Crippen LogP contribution in [-0.2, 0) is 0 Å². The average molecular weight is 271 g/mol. The first-order valence-electron chi connectivity index (χ1n) is 7.11. The van der Waals surface area contributed by atoms with E-state index in [1.54, 1.807) is 6.07 Å². The lowest BCUT2D eigenvalue weighted by Crippen LogP contribution is -2.32. The average Bonchev–Trinajstić information content (AvgIpc) is 3.20. The molecule has 0 heterocycles. The summed E-state index contributed by atoms with van der Waals surface area (Å²) in [5.41, 5.74) is 2.47. The maximum atomic E-state index is 12.1. The van der Waals surface area contributed by atoms with E-state index in [-0.39, 0.29) is 18.6 Å². The summed E-state index contributed by atoms with van der Waals surface area (Å²) in [6, 6.07) is 5.69. The first-order valence-corrected chi connectivity index (χ1v) is 7.11. The number of carbonyl (C=O) groups excluding carboxylic acids is 1. The second-order valence-corrected chi connectivity index (χ2v) is 5.54. The number of aliphatic hydroxyl groups excluding tert-OH is 1. The third-order valence-corrected chi connectivity index (χ3v) is 3.55. The summed E-state index contributed by atoms with van der Waals surface area (Å²) in [6.45, 7) is 3.83. The maximum Gasteiger partial charge on any atom is 0.251 e. The number of benzene rings is 1. The zero-order valence-corrected chi connectivity index (χ0v) is 12.1. The van der Waals surface area contributed by atoms with Gasteiger partial charge in [0.2, 0.25) is 0 Å². The van der Waals surface area contributed by atoms with Crippen molar-refractivity contribution in [3.8, 4) is 11.8 Å². The second kappa shape index (κ2) is 6.58. The van der Waals surface area contributed by atoms with Gasteiger partial charge in [-0.3, -0.25) is 4.79 Å². The minimum atomic E-state index is -0.152. The van der Waals surface area contributed by atoms with Crippen LogP contribution in [0, 0.1) is 24.7 Å². The molecule has 1 unspecified atom stereocenters. The van der Waals surface area contributed by atoms with Gasteiger partial charge in [0, 0.05) is 17.2 Å². The number of hydrogen-bond acceptors (Lipinski definition) is 2. The van der Waals surface area contributed by atoms with Crippen molar-refractivity contribution < 1.29 is 9.90 Å². The number of aliphatic hydroxyl groups is 1. The van der Waals surface area contributed by atoms with E-state index >= 15 is 0 Å². The van der Waals surface area contributed by atoms with Crippen molar-refractivity contribution in [1.82, 2.24) is 5.32 Å². The molecule has 1 saturated carbocycles. The normalized spacial score (nSPS) is 15.2. The molecule has 1 aromatic carbocycles. The van der Waals surface area contributed by atoms with Crippen LogP contribution >= 0.6 is 0 Å². The quantitative estimate of drug-likeness (QED) is 0.825. The molecule has 0 saturated heterocycles. The number of hydrogen-bond donors (Lipinski definition) is 2. The molecule has 0 spiro atoms. The highest BCUT2D eigenvalue weighted by atomic mass is 16.2. The molecule has 1 fully saturated rings. The van der Waals surface area contributed by atoms with E-state index in [1.807, 2.05) is 19.1 Å². The second-order valence-electron chi connectivity index (χ2n) is 5.54. The van der Waals surface area contributed by atoms with Crippen LogP contribution in [0.25, 0.3) is 0 Å². The Hall–Kier alpha value is -1.79. The molecule has 1 amide bonds. The van der Waals surface area contributed by atoms with E-state index in [0.717, 1.165) is 23.5 Å². The topological polar surface area (TPSA) is 49.3 Å². The van der Waals surface area contributed by atoms with Gasteiger partial charge in [0.25, 0.3) is 5.91 Å². The van der Waals surface area contributed by atoms with Crippen molar-refractivity contribution >= 4 is 5.91 Å². The molecule has 3 heteroatoms. The van der Waals surface area contributed by atoms with Crippen LogP contribution < -0.4 is 5.32 Å². The summed E-state index contributed by atoms with van der Waals surface area (Å²) in [4.78, 5) is 12.1. The van der Waals surface area contributed by atoms with E-state index in [1.165, 1.54) is 12.8 Å². The molecule has 0 radical (unpaired) electrons. The number of rotatable bonds is 4. The third-order valence-electron chi connectivity index (χ3n) is 3.55. The summed E-state index contributed by atoms with van der Waals surface area (Å²) >= 11 is 0. The Morgan fingerprint density at radius 1 is 1.50 bits per heavy atom. The van der Waals surface area contributed by atoms with E-state index < -0.39 is 0 Å². The Bertz CT molecular complexity index is 550. The molecule has 1 aromatic rings. The van der Waals surface area contributed by atoms with Crippen molar-refractivity contribution in [2.24, 2.45) is 5.92 Å². The van der Waals surface area contributed by atoms with E-state index in [4.69, 9.17) is 5.11 Å². The minimum Gasteiger partial charge on any atom is -0.384 e. The summed E-state index contributed by atoms with van der Waals surface area (Å²) < 4.78 is 0. The van der Waals surface area contributed by atoms with Crippen LogP contribution in [0.2, 0.25) is 0 Å². The lowest BCUT2D eigenvalue weighted by molar-refractivity contribution is 0.0937. The molecule has 106 valence electrons. The van der Waals surface area contributed by atoms with Crippen LogP contribution in [0.3, 0.4) is 0 Å². The predicted molar refractivity (Wildman–Crippen MR) is 79.4 cm³/mol. The van der Waals surface area contributed by atoms with Gasteiger partial charge < -0.3 is 10.4 Å². The molecule has 1 aliphatic rings. The van der Waals surface area contributed by atoms with E-state index in [0.29, 0.717) is 5.56 Å². The molecular weight excluding hydrogens is 250 g/mol. The monoisotopic (exact) mass is 271 g/mol. The van der Waals surface area contributed by atoms with Crippen LogP contribution in [0.4, 0.5) is 0 Å². The maximum absolute atomic E-state index is 12.1. The molecule has 1 atom stereocenters. The summed E-state index contributed by atoms with van der Waals surface area (Å²) in [7, 11) is 0. The van der Waals surface area contributed by atoms with Gasteiger partial charge in [0.15, 0.2) is 0 Å². The fraction of sp³-hybridized carbons (Fsp3) is 0.471. The SMILES string of the molecule is Cc1cc(C(=O)NC(C)CC2CC2)ccc1C#CCO. The molecule has 1 aliphatic carbocycles. The molecule has 2 rings (SSSR count).